The van der Waals surface area contributed by atoms with Crippen molar-refractivity contribution in [1.29, 1.82) is 5.26 Å². The van der Waals surface area contributed by atoms with Crippen molar-refractivity contribution >= 4 is 0 Å². The van der Waals surface area contributed by atoms with Crippen molar-refractivity contribution in [3.05, 3.63) is 23.5 Å². The highest BCUT2D eigenvalue weighted by Crippen LogP contribution is 2.29. The number of aryl methyl sites for hydroxylation is 1. The average Bonchev–Trinajstić information content (AvgIpc) is 2.29. The van der Waals surface area contributed by atoms with E-state index in [1.165, 1.54) is 7.05 Å². The van der Waals surface area contributed by atoms with Crippen molar-refractivity contribution in [3.8, 4) is 6.07 Å². The predicted molar refractivity (Wildman–Crippen MR) is 35.1 cm³/mol. The number of hydrogen-bond acceptors (Lipinski definition) is 1. The van der Waals surface area contributed by atoms with Gasteiger partial charge in [-0.25, -0.2) is 0 Å². The number of aromatic nitrogens is 1. The number of rotatable bonds is 0. The number of alkyl halides is 3. The Morgan fingerprint density at radius 3 is 2.33 bits per heavy atom. The molecule has 0 aliphatic carbocycles. The van der Waals surface area contributed by atoms with Crippen LogP contribution in [0.5, 0.6) is 0 Å². The first kappa shape index (κ1) is 8.65. The van der Waals surface area contributed by atoms with Gasteiger partial charge >= 0.3 is 6.18 Å². The zero-order valence-electron chi connectivity index (χ0n) is 6.18. The predicted octanol–water partition coefficient (Wildman–Crippen LogP) is 1.92. The molecule has 0 spiro atoms. The van der Waals surface area contributed by atoms with Gasteiger partial charge in [0, 0.05) is 13.2 Å². The molecule has 0 fully saturated rings. The van der Waals surface area contributed by atoms with E-state index >= 15 is 0 Å². The van der Waals surface area contributed by atoms with E-state index in [2.05, 4.69) is 0 Å². The molecule has 0 N–H and O–H groups in total. The topological polar surface area (TPSA) is 28.7 Å². The molecule has 0 saturated carbocycles. The molecule has 2 nitrogen and oxygen atoms in total. The van der Waals surface area contributed by atoms with Crippen LogP contribution in [0.1, 0.15) is 11.3 Å². The summed E-state index contributed by atoms with van der Waals surface area (Å²) >= 11 is 0. The van der Waals surface area contributed by atoms with Gasteiger partial charge in [0.25, 0.3) is 0 Å². The van der Waals surface area contributed by atoms with Crippen molar-refractivity contribution in [2.75, 3.05) is 0 Å². The summed E-state index contributed by atoms with van der Waals surface area (Å²) in [5.74, 6) is 0. The summed E-state index contributed by atoms with van der Waals surface area (Å²) in [5, 5.41) is 8.31. The van der Waals surface area contributed by atoms with Gasteiger partial charge in [-0.2, -0.15) is 18.4 Å². The molecule has 0 radical (unpaired) electrons. The fourth-order valence-electron chi connectivity index (χ4n) is 0.907. The standard InChI is InChI=1S/C7H5F3N2/c1-12-4-5(3-11)2-6(12)7(8,9)10/h2,4H,1H3. The zero-order valence-corrected chi connectivity index (χ0v) is 6.18. The monoisotopic (exact) mass is 174 g/mol. The Morgan fingerprint density at radius 2 is 2.08 bits per heavy atom. The second kappa shape index (κ2) is 2.55. The summed E-state index contributed by atoms with van der Waals surface area (Å²) < 4.78 is 37.1. The van der Waals surface area contributed by atoms with Crippen LogP contribution >= 0.6 is 0 Å². The molecule has 0 saturated heterocycles. The van der Waals surface area contributed by atoms with E-state index in [0.717, 1.165) is 16.8 Å². The minimum absolute atomic E-state index is 0.0184. The van der Waals surface area contributed by atoms with Crippen molar-refractivity contribution < 1.29 is 13.2 Å². The number of hydrogen-bond donors (Lipinski definition) is 0. The Kier molecular flexibility index (Phi) is 1.84. The average molecular weight is 174 g/mol. The summed E-state index contributed by atoms with van der Waals surface area (Å²) in [7, 11) is 1.25. The van der Waals surface area contributed by atoms with E-state index in [0.29, 0.717) is 0 Å². The van der Waals surface area contributed by atoms with Gasteiger partial charge in [0.05, 0.1) is 5.56 Å². The van der Waals surface area contributed by atoms with Crippen LogP contribution in [0.25, 0.3) is 0 Å². The maximum absolute atomic E-state index is 12.1. The Morgan fingerprint density at radius 1 is 1.50 bits per heavy atom. The summed E-state index contributed by atoms with van der Waals surface area (Å²) in [6, 6.07) is 2.46. The van der Waals surface area contributed by atoms with Gasteiger partial charge in [0.1, 0.15) is 11.8 Å². The fourth-order valence-corrected chi connectivity index (χ4v) is 0.907. The lowest BCUT2D eigenvalue weighted by atomic mass is 10.3. The van der Waals surface area contributed by atoms with Crippen LogP contribution < -0.4 is 0 Å². The van der Waals surface area contributed by atoms with Crippen molar-refractivity contribution in [2.24, 2.45) is 7.05 Å². The van der Waals surface area contributed by atoms with Crippen LogP contribution in [0.2, 0.25) is 0 Å². The summed E-state index contributed by atoms with van der Waals surface area (Å²) in [6.45, 7) is 0. The second-order valence-corrected chi connectivity index (χ2v) is 2.33. The molecule has 5 heteroatoms. The number of halogens is 3. The van der Waals surface area contributed by atoms with Gasteiger partial charge in [-0.3, -0.25) is 0 Å². The van der Waals surface area contributed by atoms with Crippen molar-refractivity contribution in [1.82, 2.24) is 4.57 Å². The van der Waals surface area contributed by atoms with Gasteiger partial charge in [0.2, 0.25) is 0 Å². The summed E-state index contributed by atoms with van der Waals surface area (Å²) in [5.41, 5.74) is -0.788. The largest absolute Gasteiger partial charge is 0.431 e. The van der Waals surface area contributed by atoms with Gasteiger partial charge in [-0.15, -0.1) is 0 Å². The van der Waals surface area contributed by atoms with Crippen molar-refractivity contribution in [2.45, 2.75) is 6.18 Å². The van der Waals surface area contributed by atoms with Crippen LogP contribution in [0.15, 0.2) is 12.3 Å². The lowest BCUT2D eigenvalue weighted by Gasteiger charge is -2.05. The Bertz CT molecular complexity index is 329. The third-order valence-corrected chi connectivity index (χ3v) is 1.42. The molecular formula is C7H5F3N2. The Hall–Kier alpha value is -1.44. The summed E-state index contributed by atoms with van der Waals surface area (Å²) in [4.78, 5) is 0. The minimum Gasteiger partial charge on any atom is -0.346 e. The minimum atomic E-state index is -4.39. The maximum Gasteiger partial charge on any atom is 0.431 e. The van der Waals surface area contributed by atoms with Gasteiger partial charge in [0.15, 0.2) is 0 Å². The first-order valence-electron chi connectivity index (χ1n) is 3.09. The molecule has 0 aliphatic heterocycles. The molecule has 0 amide bonds. The van der Waals surface area contributed by atoms with E-state index < -0.39 is 11.9 Å². The number of nitriles is 1. The molecule has 64 valence electrons. The van der Waals surface area contributed by atoms with E-state index in [1.807, 2.05) is 0 Å². The molecule has 1 aromatic rings. The Balaban J connectivity index is 3.19. The molecule has 0 bridgehead atoms. The third-order valence-electron chi connectivity index (χ3n) is 1.42. The SMILES string of the molecule is Cn1cc(C#N)cc1C(F)(F)F. The lowest BCUT2D eigenvalue weighted by molar-refractivity contribution is -0.143. The smallest absolute Gasteiger partial charge is 0.346 e. The molecule has 0 unspecified atom stereocenters. The van der Waals surface area contributed by atoms with E-state index in [4.69, 9.17) is 5.26 Å². The Labute approximate surface area is 66.8 Å². The van der Waals surface area contributed by atoms with E-state index in [-0.39, 0.29) is 5.56 Å². The molecule has 12 heavy (non-hydrogen) atoms. The molecule has 1 heterocycles. The van der Waals surface area contributed by atoms with E-state index in [1.54, 1.807) is 6.07 Å². The lowest BCUT2D eigenvalue weighted by Crippen LogP contribution is -2.09. The van der Waals surface area contributed by atoms with Crippen LogP contribution in [0.3, 0.4) is 0 Å². The molecule has 1 aromatic heterocycles. The van der Waals surface area contributed by atoms with E-state index in [9.17, 15) is 13.2 Å². The van der Waals surface area contributed by atoms with Crippen LogP contribution in [-0.2, 0) is 13.2 Å². The molecule has 0 aliphatic rings. The maximum atomic E-state index is 12.1. The first-order valence-corrected chi connectivity index (χ1v) is 3.09. The highest BCUT2D eigenvalue weighted by atomic mass is 19.4. The molecular weight excluding hydrogens is 169 g/mol. The zero-order chi connectivity index (χ0) is 9.35. The molecule has 0 aromatic carbocycles. The van der Waals surface area contributed by atoms with Gasteiger partial charge in [-0.1, -0.05) is 0 Å². The molecule has 1 rings (SSSR count). The van der Waals surface area contributed by atoms with Crippen LogP contribution in [0, 0.1) is 11.3 Å². The van der Waals surface area contributed by atoms with Crippen LogP contribution in [0.4, 0.5) is 13.2 Å². The van der Waals surface area contributed by atoms with Gasteiger partial charge in [-0.05, 0) is 6.07 Å². The summed E-state index contributed by atoms with van der Waals surface area (Å²) in [6.07, 6.45) is -3.24. The second-order valence-electron chi connectivity index (χ2n) is 2.33. The first-order chi connectivity index (χ1) is 5.45. The third kappa shape index (κ3) is 1.42. The highest BCUT2D eigenvalue weighted by molar-refractivity contribution is 5.31. The van der Waals surface area contributed by atoms with Crippen molar-refractivity contribution in [3.63, 3.8) is 0 Å². The highest BCUT2D eigenvalue weighted by Gasteiger charge is 2.33. The molecule has 0 atom stereocenters. The fraction of sp³-hybridized carbons (Fsp3) is 0.286. The number of nitrogens with zero attached hydrogens (tertiary/aromatic N) is 2. The van der Waals surface area contributed by atoms with Crippen LogP contribution in [-0.4, -0.2) is 4.57 Å². The van der Waals surface area contributed by atoms with Gasteiger partial charge < -0.3 is 4.57 Å². The quantitative estimate of drug-likeness (QED) is 0.590. The normalized spacial score (nSPS) is 11.2.